The molecule has 1 aliphatic rings. The number of ether oxygens (including phenoxy) is 1. The number of hydrogen-bond donors (Lipinski definition) is 2. The second kappa shape index (κ2) is 12.1. The topological polar surface area (TPSA) is 83.8 Å². The molecular formula is C22H36O5. The van der Waals surface area contributed by atoms with Crippen LogP contribution in [0, 0.1) is 0 Å². The first-order valence-corrected chi connectivity index (χ1v) is 10.2. The van der Waals surface area contributed by atoms with E-state index in [1.165, 1.54) is 7.11 Å². The zero-order valence-electron chi connectivity index (χ0n) is 17.1. The molecule has 0 heterocycles. The van der Waals surface area contributed by atoms with Crippen molar-refractivity contribution >= 4 is 11.8 Å². The Balaban J connectivity index is 2.52. The summed E-state index contributed by atoms with van der Waals surface area (Å²) in [5, 5.41) is 20.5. The van der Waals surface area contributed by atoms with Crippen LogP contribution in [0.25, 0.3) is 0 Å². The van der Waals surface area contributed by atoms with Crippen LogP contribution in [0.1, 0.15) is 84.5 Å². The van der Waals surface area contributed by atoms with Gasteiger partial charge in [-0.05, 0) is 44.6 Å². The molecule has 5 heteroatoms. The van der Waals surface area contributed by atoms with Crippen molar-refractivity contribution in [3.8, 4) is 0 Å². The van der Waals surface area contributed by atoms with Gasteiger partial charge in [0.1, 0.15) is 0 Å². The molecule has 0 fully saturated rings. The van der Waals surface area contributed by atoms with Gasteiger partial charge in [0.05, 0.1) is 18.8 Å². The Labute approximate surface area is 163 Å². The van der Waals surface area contributed by atoms with Crippen LogP contribution in [0.5, 0.6) is 0 Å². The summed E-state index contributed by atoms with van der Waals surface area (Å²) in [5.74, 6) is -0.163. The Bertz CT molecular complexity index is 545. The predicted molar refractivity (Wildman–Crippen MR) is 106 cm³/mol. The first kappa shape index (κ1) is 23.6. The number of rotatable bonds is 13. The third kappa shape index (κ3) is 8.85. The van der Waals surface area contributed by atoms with Gasteiger partial charge >= 0.3 is 5.97 Å². The monoisotopic (exact) mass is 380 g/mol. The third-order valence-electron chi connectivity index (χ3n) is 5.13. The fraction of sp³-hybridized carbons (Fsp3) is 0.727. The summed E-state index contributed by atoms with van der Waals surface area (Å²) in [6.07, 6.45) is 11.0. The van der Waals surface area contributed by atoms with E-state index in [1.807, 2.05) is 19.1 Å². The minimum Gasteiger partial charge on any atom is -0.469 e. The van der Waals surface area contributed by atoms with E-state index in [-0.39, 0.29) is 18.2 Å². The van der Waals surface area contributed by atoms with Gasteiger partial charge in [-0.25, -0.2) is 0 Å². The highest BCUT2D eigenvalue weighted by molar-refractivity contribution is 6.00. The number of carbonyl (C=O) groups is 2. The van der Waals surface area contributed by atoms with E-state index in [2.05, 4.69) is 11.7 Å². The Morgan fingerprint density at radius 2 is 1.96 bits per heavy atom. The summed E-state index contributed by atoms with van der Waals surface area (Å²) >= 11 is 0. The number of unbranched alkanes of at least 4 members (excludes halogenated alkanes) is 4. The maximum absolute atomic E-state index is 12.2. The zero-order valence-corrected chi connectivity index (χ0v) is 17.1. The van der Waals surface area contributed by atoms with Crippen molar-refractivity contribution in [2.75, 3.05) is 7.11 Å². The summed E-state index contributed by atoms with van der Waals surface area (Å²) in [5.41, 5.74) is 0.682. The number of aliphatic hydroxyl groups is 2. The molecule has 0 aromatic rings. The van der Waals surface area contributed by atoms with E-state index < -0.39 is 11.7 Å². The number of carbonyl (C=O) groups excluding carboxylic acids is 2. The van der Waals surface area contributed by atoms with E-state index >= 15 is 0 Å². The third-order valence-corrected chi connectivity index (χ3v) is 5.13. The highest BCUT2D eigenvalue weighted by atomic mass is 16.5. The number of esters is 1. The van der Waals surface area contributed by atoms with Crippen LogP contribution in [0.2, 0.25) is 0 Å². The summed E-state index contributed by atoms with van der Waals surface area (Å²) in [6.45, 7) is 3.92. The van der Waals surface area contributed by atoms with Crippen molar-refractivity contribution in [1.29, 1.82) is 0 Å². The minimum atomic E-state index is -0.750. The second-order valence-corrected chi connectivity index (χ2v) is 7.77. The Kier molecular flexibility index (Phi) is 10.6. The normalized spacial score (nSPS) is 19.7. The molecule has 0 aromatic heterocycles. The van der Waals surface area contributed by atoms with E-state index in [0.29, 0.717) is 24.8 Å². The van der Waals surface area contributed by atoms with Crippen molar-refractivity contribution in [3.63, 3.8) is 0 Å². The number of aliphatic hydroxyl groups excluding tert-OH is 1. The van der Waals surface area contributed by atoms with Crippen molar-refractivity contribution in [3.05, 3.63) is 23.3 Å². The summed E-state index contributed by atoms with van der Waals surface area (Å²) in [4.78, 5) is 23.3. The van der Waals surface area contributed by atoms with Crippen molar-refractivity contribution in [1.82, 2.24) is 0 Å². The van der Waals surface area contributed by atoms with Crippen LogP contribution in [0.4, 0.5) is 0 Å². The van der Waals surface area contributed by atoms with Crippen molar-refractivity contribution in [2.45, 2.75) is 96.2 Å². The molecule has 27 heavy (non-hydrogen) atoms. The molecule has 1 rings (SSSR count). The summed E-state index contributed by atoms with van der Waals surface area (Å²) in [6, 6.07) is 0. The lowest BCUT2D eigenvalue weighted by Crippen LogP contribution is -2.22. The van der Waals surface area contributed by atoms with Crippen LogP contribution in [0.3, 0.4) is 0 Å². The lowest BCUT2D eigenvalue weighted by molar-refractivity contribution is -0.140. The quantitative estimate of drug-likeness (QED) is 0.372. The number of hydrogen-bond acceptors (Lipinski definition) is 5. The van der Waals surface area contributed by atoms with E-state index in [9.17, 15) is 19.8 Å². The Morgan fingerprint density at radius 1 is 1.26 bits per heavy atom. The van der Waals surface area contributed by atoms with Crippen LogP contribution >= 0.6 is 0 Å². The van der Waals surface area contributed by atoms with Gasteiger partial charge in [0.2, 0.25) is 0 Å². The maximum Gasteiger partial charge on any atom is 0.305 e. The van der Waals surface area contributed by atoms with Gasteiger partial charge in [0, 0.05) is 18.4 Å². The highest BCUT2D eigenvalue weighted by Gasteiger charge is 2.28. The van der Waals surface area contributed by atoms with E-state index in [0.717, 1.165) is 50.5 Å². The number of allylic oxidation sites excluding steroid dienone is 1. The molecule has 0 saturated heterocycles. The zero-order chi connectivity index (χ0) is 20.3. The van der Waals surface area contributed by atoms with Crippen LogP contribution in [0.15, 0.2) is 23.3 Å². The van der Waals surface area contributed by atoms with Gasteiger partial charge in [-0.15, -0.1) is 0 Å². The van der Waals surface area contributed by atoms with Gasteiger partial charge in [-0.1, -0.05) is 44.8 Å². The largest absolute Gasteiger partial charge is 0.469 e. The fourth-order valence-corrected chi connectivity index (χ4v) is 3.39. The second-order valence-electron chi connectivity index (χ2n) is 7.77. The summed E-state index contributed by atoms with van der Waals surface area (Å²) < 4.78 is 4.62. The van der Waals surface area contributed by atoms with E-state index in [1.54, 1.807) is 0 Å². The van der Waals surface area contributed by atoms with Crippen LogP contribution < -0.4 is 0 Å². The standard InChI is InChI=1S/C22H36O5/c1-4-5-14-22(2,26)15-10-12-18-17(19(23)16-20(18)24)11-8-6-7-9-13-21(25)27-3/h10,12,20,24,26H,4-9,11,13-16H2,1-3H3/b12-10+/t20-,22?/m1/s1. The predicted octanol–water partition coefficient (Wildman–Crippen LogP) is 4.02. The van der Waals surface area contributed by atoms with Gasteiger partial charge in [-0.3, -0.25) is 9.59 Å². The van der Waals surface area contributed by atoms with Gasteiger partial charge in [-0.2, -0.15) is 0 Å². The summed E-state index contributed by atoms with van der Waals surface area (Å²) in [7, 11) is 1.39. The smallest absolute Gasteiger partial charge is 0.305 e. The highest BCUT2D eigenvalue weighted by Crippen LogP contribution is 2.29. The number of Topliss-reactive ketones (excluding diaryl/α,β-unsaturated/α-hetero) is 1. The molecular weight excluding hydrogens is 344 g/mol. The first-order chi connectivity index (χ1) is 12.8. The average Bonchev–Trinajstić information content (AvgIpc) is 2.89. The van der Waals surface area contributed by atoms with Gasteiger partial charge < -0.3 is 14.9 Å². The lowest BCUT2D eigenvalue weighted by Gasteiger charge is -2.21. The SMILES string of the molecule is CCCCC(C)(O)C/C=C/C1=C(CCCCCCC(=O)OC)C(=O)C[C@H]1O. The molecule has 0 saturated carbocycles. The van der Waals surface area contributed by atoms with Crippen molar-refractivity contribution < 1.29 is 24.5 Å². The molecule has 2 atom stereocenters. The number of ketones is 1. The molecule has 0 aliphatic heterocycles. The molecule has 0 radical (unpaired) electrons. The molecule has 1 unspecified atom stereocenters. The molecule has 0 bridgehead atoms. The van der Waals surface area contributed by atoms with E-state index in [4.69, 9.17) is 0 Å². The number of methoxy groups -OCH3 is 1. The molecule has 154 valence electrons. The maximum atomic E-state index is 12.2. The lowest BCUT2D eigenvalue weighted by atomic mass is 9.94. The molecule has 0 amide bonds. The van der Waals surface area contributed by atoms with Crippen LogP contribution in [-0.4, -0.2) is 40.8 Å². The van der Waals surface area contributed by atoms with Crippen LogP contribution in [-0.2, 0) is 14.3 Å². The molecule has 0 aromatic carbocycles. The Morgan fingerprint density at radius 3 is 2.63 bits per heavy atom. The average molecular weight is 381 g/mol. The van der Waals surface area contributed by atoms with Crippen molar-refractivity contribution in [2.24, 2.45) is 0 Å². The minimum absolute atomic E-state index is 0.0226. The fourth-order valence-electron chi connectivity index (χ4n) is 3.39. The first-order valence-electron chi connectivity index (χ1n) is 10.2. The molecule has 5 nitrogen and oxygen atoms in total. The van der Waals surface area contributed by atoms with Gasteiger partial charge in [0.25, 0.3) is 0 Å². The molecule has 0 spiro atoms. The van der Waals surface area contributed by atoms with Gasteiger partial charge in [0.15, 0.2) is 5.78 Å². The Hall–Kier alpha value is -1.46. The molecule has 2 N–H and O–H groups in total. The molecule has 1 aliphatic carbocycles.